The molecule has 6 unspecified atom stereocenters. The zero-order valence-electron chi connectivity index (χ0n) is 47.9. The third-order valence-corrected chi connectivity index (χ3v) is 12.9. The number of esters is 3. The number of hydrogen-bond donors (Lipinski definition) is 3. The summed E-state index contributed by atoms with van der Waals surface area (Å²) in [6.07, 6.45) is 58.0. The molecule has 12 nitrogen and oxygen atoms in total. The number of rotatable bonds is 49. The Kier molecular flexibility index (Phi) is 47.6. The highest BCUT2D eigenvalue weighted by molar-refractivity contribution is 5.74. The second-order valence-corrected chi connectivity index (χ2v) is 19.9. The molecule has 1 rings (SSSR count). The van der Waals surface area contributed by atoms with Gasteiger partial charge in [0.1, 0.15) is 18.8 Å². The van der Waals surface area contributed by atoms with E-state index < -0.39 is 67.3 Å². The first-order valence-corrected chi connectivity index (χ1v) is 29.9. The Bertz CT molecular complexity index is 1750. The minimum atomic E-state index is -1.94. The molecule has 436 valence electrons. The average molecular weight is 1080 g/mol. The average Bonchev–Trinajstić information content (AvgIpc) is 3.43. The van der Waals surface area contributed by atoms with Crippen molar-refractivity contribution in [1.29, 1.82) is 0 Å². The molecule has 1 fully saturated rings. The number of hydrogen-bond acceptors (Lipinski definition) is 11. The number of aliphatic hydroxyl groups excluding tert-OH is 2. The molecular formula is C65H104O12. The second kappa shape index (κ2) is 52.1. The first kappa shape index (κ1) is 70.4. The van der Waals surface area contributed by atoms with E-state index in [9.17, 15) is 34.5 Å². The van der Waals surface area contributed by atoms with Crippen LogP contribution in [0.2, 0.25) is 0 Å². The van der Waals surface area contributed by atoms with Gasteiger partial charge in [-0.05, 0) is 83.5 Å². The lowest BCUT2D eigenvalue weighted by Gasteiger charge is -2.40. The molecular weight excluding hydrogens is 973 g/mol. The van der Waals surface area contributed by atoms with Crippen LogP contribution in [0.25, 0.3) is 0 Å². The number of carboxylic acid groups (broad SMARTS) is 1. The molecule has 3 N–H and O–H groups in total. The van der Waals surface area contributed by atoms with Gasteiger partial charge in [-0.25, -0.2) is 4.79 Å². The Labute approximate surface area is 465 Å². The summed E-state index contributed by atoms with van der Waals surface area (Å²) in [5.74, 6) is -3.32. The van der Waals surface area contributed by atoms with E-state index in [1.807, 2.05) is 12.2 Å². The van der Waals surface area contributed by atoms with Crippen LogP contribution in [0.1, 0.15) is 226 Å². The molecule has 77 heavy (non-hydrogen) atoms. The summed E-state index contributed by atoms with van der Waals surface area (Å²) in [5, 5.41) is 31.4. The molecule has 0 spiro atoms. The predicted octanol–water partition coefficient (Wildman–Crippen LogP) is 15.4. The van der Waals surface area contributed by atoms with Crippen LogP contribution in [-0.4, -0.2) is 89.2 Å². The van der Waals surface area contributed by atoms with Gasteiger partial charge in [0.15, 0.2) is 24.6 Å². The minimum absolute atomic E-state index is 0.144. The van der Waals surface area contributed by atoms with Crippen LogP contribution in [0, 0.1) is 0 Å². The quantitative estimate of drug-likeness (QED) is 0.0228. The van der Waals surface area contributed by atoms with Crippen molar-refractivity contribution in [3.05, 3.63) is 109 Å². The fraction of sp³-hybridized carbons (Fsp3) is 0.662. The van der Waals surface area contributed by atoms with E-state index in [0.29, 0.717) is 19.3 Å². The molecule has 0 amide bonds. The van der Waals surface area contributed by atoms with Crippen LogP contribution < -0.4 is 0 Å². The van der Waals surface area contributed by atoms with Gasteiger partial charge in [-0.1, -0.05) is 233 Å². The third kappa shape index (κ3) is 42.1. The van der Waals surface area contributed by atoms with Crippen molar-refractivity contribution in [3.63, 3.8) is 0 Å². The maximum absolute atomic E-state index is 13.2. The molecule has 0 aromatic rings. The first-order chi connectivity index (χ1) is 37.6. The lowest BCUT2D eigenvalue weighted by Crippen LogP contribution is -2.61. The number of carboxylic acids is 1. The van der Waals surface area contributed by atoms with E-state index in [4.69, 9.17) is 23.7 Å². The van der Waals surface area contributed by atoms with Crippen LogP contribution >= 0.6 is 0 Å². The van der Waals surface area contributed by atoms with Crippen LogP contribution in [0.4, 0.5) is 0 Å². The highest BCUT2D eigenvalue weighted by atomic mass is 16.7. The fourth-order valence-corrected chi connectivity index (χ4v) is 8.38. The number of ether oxygens (including phenoxy) is 5. The van der Waals surface area contributed by atoms with Crippen molar-refractivity contribution in [1.82, 2.24) is 0 Å². The summed E-state index contributed by atoms with van der Waals surface area (Å²) >= 11 is 0. The third-order valence-electron chi connectivity index (χ3n) is 12.9. The Morgan fingerprint density at radius 3 is 1.31 bits per heavy atom. The zero-order valence-corrected chi connectivity index (χ0v) is 47.9. The first-order valence-electron chi connectivity index (χ1n) is 29.9. The number of unbranched alkanes of at least 4 members (excludes halogenated alkanes) is 18. The van der Waals surface area contributed by atoms with Crippen molar-refractivity contribution in [2.75, 3.05) is 13.2 Å². The monoisotopic (exact) mass is 1080 g/mol. The Balaban J connectivity index is 2.76. The number of allylic oxidation sites excluding steroid dienone is 17. The Morgan fingerprint density at radius 2 is 0.857 bits per heavy atom. The van der Waals surface area contributed by atoms with Crippen molar-refractivity contribution in [3.8, 4) is 0 Å². The number of aliphatic hydroxyl groups is 2. The molecule has 0 bridgehead atoms. The molecule has 0 aliphatic carbocycles. The molecule has 1 heterocycles. The van der Waals surface area contributed by atoms with Crippen LogP contribution in [0.3, 0.4) is 0 Å². The van der Waals surface area contributed by atoms with Crippen molar-refractivity contribution >= 4 is 23.9 Å². The van der Waals surface area contributed by atoms with Gasteiger partial charge in [-0.3, -0.25) is 14.4 Å². The van der Waals surface area contributed by atoms with E-state index in [1.54, 1.807) is 12.2 Å². The maximum Gasteiger partial charge on any atom is 0.335 e. The minimum Gasteiger partial charge on any atom is -0.479 e. The molecule has 1 saturated heterocycles. The molecule has 1 aliphatic heterocycles. The largest absolute Gasteiger partial charge is 0.479 e. The van der Waals surface area contributed by atoms with E-state index >= 15 is 0 Å². The smallest absolute Gasteiger partial charge is 0.335 e. The molecule has 1 aliphatic rings. The van der Waals surface area contributed by atoms with Gasteiger partial charge in [0.25, 0.3) is 0 Å². The summed E-state index contributed by atoms with van der Waals surface area (Å²) in [6, 6.07) is 0. The van der Waals surface area contributed by atoms with E-state index in [-0.39, 0.29) is 25.9 Å². The summed E-state index contributed by atoms with van der Waals surface area (Å²) < 4.78 is 28.3. The van der Waals surface area contributed by atoms with Crippen LogP contribution in [-0.2, 0) is 42.9 Å². The topological polar surface area (TPSA) is 175 Å². The Morgan fingerprint density at radius 1 is 0.455 bits per heavy atom. The lowest BCUT2D eigenvalue weighted by atomic mass is 9.98. The summed E-state index contributed by atoms with van der Waals surface area (Å²) in [4.78, 5) is 51.1. The normalized spacial score (nSPS) is 18.8. The predicted molar refractivity (Wildman–Crippen MR) is 312 cm³/mol. The van der Waals surface area contributed by atoms with Gasteiger partial charge in [0.2, 0.25) is 0 Å². The standard InChI is InChI=1S/C65H104O12/c1-4-7-10-13-16-19-22-25-28-29-32-33-36-39-42-45-48-51-57(66)73-54-56(75-58(67)52-49-46-43-40-37-34-30-26-23-20-17-14-11-8-5-2)55-74-65-63(61(70)60(69)62(77-65)64(71)72)76-59(68)53-50-47-44-41-38-35-31-27-24-21-18-15-12-9-6-3/h7,9-10,12,16,18-19,21,25,27-28,31-33,38,41,47,50,56,60-63,65,69-70H,4-6,8,11,13-15,17,20,22-24,26,29-30,34-37,39-40,42-46,48-49,51-55H2,1-3H3,(H,71,72)/b10-7-,12-9-,19-16-,21-18-,28-25-,31-27-,33-32-,41-38-,50-47-. The van der Waals surface area contributed by atoms with E-state index in [0.717, 1.165) is 96.3 Å². The van der Waals surface area contributed by atoms with Crippen molar-refractivity contribution < 1.29 is 58.2 Å². The van der Waals surface area contributed by atoms with Gasteiger partial charge >= 0.3 is 23.9 Å². The lowest BCUT2D eigenvalue weighted by molar-refractivity contribution is -0.301. The van der Waals surface area contributed by atoms with Gasteiger partial charge < -0.3 is 39.0 Å². The number of aliphatic carboxylic acids is 1. The van der Waals surface area contributed by atoms with Gasteiger partial charge in [0, 0.05) is 12.8 Å². The van der Waals surface area contributed by atoms with Crippen LogP contribution in [0.15, 0.2) is 109 Å². The molecule has 12 heteroatoms. The SMILES string of the molecule is CC/C=C\C/C=C\C/C=C\C/C=C\C/C=C\CC(=O)OC1C(OCC(COC(=O)CCCCCC/C=C\C/C=C\C/C=C\C/C=C\CC)OC(=O)CCCCCCCCCCCCCCCCC)OC(C(=O)O)C(O)C1O. The van der Waals surface area contributed by atoms with Gasteiger partial charge in [-0.2, -0.15) is 0 Å². The molecule has 0 aromatic carbocycles. The second-order valence-electron chi connectivity index (χ2n) is 19.9. The Hall–Kier alpha value is -4.62. The number of carbonyl (C=O) groups is 4. The summed E-state index contributed by atoms with van der Waals surface area (Å²) in [5.41, 5.74) is 0. The van der Waals surface area contributed by atoms with Crippen LogP contribution in [0.5, 0.6) is 0 Å². The molecule has 0 saturated carbocycles. The van der Waals surface area contributed by atoms with Crippen molar-refractivity contribution in [2.24, 2.45) is 0 Å². The molecule has 0 radical (unpaired) electrons. The van der Waals surface area contributed by atoms with Crippen molar-refractivity contribution in [2.45, 2.75) is 263 Å². The summed E-state index contributed by atoms with van der Waals surface area (Å²) in [7, 11) is 0. The van der Waals surface area contributed by atoms with E-state index in [1.165, 1.54) is 70.6 Å². The highest BCUT2D eigenvalue weighted by Crippen LogP contribution is 2.26. The molecule has 6 atom stereocenters. The van der Waals surface area contributed by atoms with Gasteiger partial charge in [0.05, 0.1) is 13.0 Å². The highest BCUT2D eigenvalue weighted by Gasteiger charge is 2.50. The molecule has 0 aromatic heterocycles. The summed E-state index contributed by atoms with van der Waals surface area (Å²) in [6.45, 7) is 5.70. The zero-order chi connectivity index (χ0) is 56.1. The maximum atomic E-state index is 13.2. The van der Waals surface area contributed by atoms with E-state index in [2.05, 4.69) is 106 Å². The fourth-order valence-electron chi connectivity index (χ4n) is 8.38. The van der Waals surface area contributed by atoms with Gasteiger partial charge in [-0.15, -0.1) is 0 Å². The number of carbonyl (C=O) groups excluding carboxylic acids is 3.